The molecule has 2 aromatic carbocycles. The molecule has 0 spiro atoms. The molecule has 4 nitrogen and oxygen atoms in total. The van der Waals surface area contributed by atoms with E-state index in [0.717, 1.165) is 29.1 Å². The monoisotopic (exact) mass is 354 g/mol. The summed E-state index contributed by atoms with van der Waals surface area (Å²) in [6, 6.07) is 17.6. The van der Waals surface area contributed by atoms with Crippen molar-refractivity contribution in [2.45, 2.75) is 42.0 Å². The Bertz CT molecular complexity index is 748. The van der Waals surface area contributed by atoms with Gasteiger partial charge in [0.05, 0.1) is 5.69 Å². The molecule has 5 heteroatoms. The predicted octanol–water partition coefficient (Wildman–Crippen LogP) is 4.18. The summed E-state index contributed by atoms with van der Waals surface area (Å²) in [5, 5.41) is 2.80. The summed E-state index contributed by atoms with van der Waals surface area (Å²) in [6.07, 6.45) is 3.03. The van der Waals surface area contributed by atoms with Gasteiger partial charge in [0, 0.05) is 22.4 Å². The first kappa shape index (κ1) is 17.5. The first-order valence-corrected chi connectivity index (χ1v) is 9.40. The number of benzene rings is 2. The van der Waals surface area contributed by atoms with Crippen LogP contribution in [0.2, 0.25) is 0 Å². The van der Waals surface area contributed by atoms with Crippen molar-refractivity contribution >= 4 is 29.3 Å². The number of hydrogen-bond acceptors (Lipinski definition) is 3. The van der Waals surface area contributed by atoms with Gasteiger partial charge < -0.3 is 10.2 Å². The number of rotatable bonds is 3. The lowest BCUT2D eigenvalue weighted by Gasteiger charge is -2.32. The van der Waals surface area contributed by atoms with Crippen molar-refractivity contribution in [2.75, 3.05) is 11.9 Å². The van der Waals surface area contributed by atoms with E-state index in [2.05, 4.69) is 5.32 Å². The third-order valence-electron chi connectivity index (χ3n) is 4.36. The molecule has 0 saturated carbocycles. The molecule has 0 radical (unpaired) electrons. The number of hydrogen-bond donors (Lipinski definition) is 1. The number of nitrogens with zero attached hydrogens (tertiary/aromatic N) is 1. The van der Waals surface area contributed by atoms with Crippen molar-refractivity contribution in [3.05, 3.63) is 54.6 Å². The number of nitrogens with one attached hydrogen (secondary N) is 1. The standard InChI is InChI=1S/C20H22N2O2S/c1-15-9-7-8-14-22(15)20(24)19(23)21-17-12-5-6-13-18(17)25-16-10-3-2-4-11-16/h2-6,10-13,15H,7-9,14H2,1H3,(H,21,23). The van der Waals surface area contributed by atoms with Crippen LogP contribution < -0.4 is 5.32 Å². The lowest BCUT2D eigenvalue weighted by molar-refractivity contribution is -0.145. The molecule has 1 fully saturated rings. The Hall–Kier alpha value is -2.27. The van der Waals surface area contributed by atoms with E-state index in [4.69, 9.17) is 0 Å². The lowest BCUT2D eigenvalue weighted by Crippen LogP contribution is -2.47. The molecule has 1 aliphatic heterocycles. The van der Waals surface area contributed by atoms with Gasteiger partial charge in [-0.15, -0.1) is 0 Å². The van der Waals surface area contributed by atoms with E-state index >= 15 is 0 Å². The predicted molar refractivity (Wildman–Crippen MR) is 101 cm³/mol. The highest BCUT2D eigenvalue weighted by Crippen LogP contribution is 2.33. The molecule has 1 aliphatic rings. The van der Waals surface area contributed by atoms with Gasteiger partial charge in [-0.25, -0.2) is 0 Å². The van der Waals surface area contributed by atoms with E-state index < -0.39 is 11.8 Å². The Morgan fingerprint density at radius 3 is 2.52 bits per heavy atom. The lowest BCUT2D eigenvalue weighted by atomic mass is 10.0. The van der Waals surface area contributed by atoms with Crippen molar-refractivity contribution < 1.29 is 9.59 Å². The van der Waals surface area contributed by atoms with Crippen LogP contribution in [0.15, 0.2) is 64.4 Å². The molecular weight excluding hydrogens is 332 g/mol. The number of piperidine rings is 1. The summed E-state index contributed by atoms with van der Waals surface area (Å²) in [5.74, 6) is -0.999. The molecule has 2 aromatic rings. The van der Waals surface area contributed by atoms with Crippen molar-refractivity contribution in [3.63, 3.8) is 0 Å². The maximum atomic E-state index is 12.5. The summed E-state index contributed by atoms with van der Waals surface area (Å²) >= 11 is 1.56. The van der Waals surface area contributed by atoms with Crippen LogP contribution >= 0.6 is 11.8 Å². The average Bonchev–Trinajstić information content (AvgIpc) is 2.64. The smallest absolute Gasteiger partial charge is 0.313 e. The van der Waals surface area contributed by atoms with Gasteiger partial charge >= 0.3 is 11.8 Å². The van der Waals surface area contributed by atoms with E-state index in [1.54, 1.807) is 16.7 Å². The largest absolute Gasteiger partial charge is 0.332 e. The highest BCUT2D eigenvalue weighted by atomic mass is 32.2. The van der Waals surface area contributed by atoms with E-state index in [0.29, 0.717) is 12.2 Å². The zero-order valence-electron chi connectivity index (χ0n) is 14.3. The Morgan fingerprint density at radius 2 is 1.76 bits per heavy atom. The highest BCUT2D eigenvalue weighted by Gasteiger charge is 2.28. The van der Waals surface area contributed by atoms with E-state index in [1.165, 1.54) is 0 Å². The second-order valence-electron chi connectivity index (χ2n) is 6.21. The van der Waals surface area contributed by atoms with Crippen molar-refractivity contribution in [1.82, 2.24) is 4.90 Å². The molecule has 130 valence electrons. The van der Waals surface area contributed by atoms with Crippen LogP contribution in [0.4, 0.5) is 5.69 Å². The minimum Gasteiger partial charge on any atom is -0.332 e. The van der Waals surface area contributed by atoms with Crippen molar-refractivity contribution in [3.8, 4) is 0 Å². The zero-order chi connectivity index (χ0) is 17.6. The fourth-order valence-electron chi connectivity index (χ4n) is 2.98. The van der Waals surface area contributed by atoms with Crippen LogP contribution in [0.5, 0.6) is 0 Å². The van der Waals surface area contributed by atoms with Crippen LogP contribution in [-0.4, -0.2) is 29.3 Å². The zero-order valence-corrected chi connectivity index (χ0v) is 15.1. The molecule has 1 atom stereocenters. The van der Waals surface area contributed by atoms with Crippen LogP contribution in [-0.2, 0) is 9.59 Å². The fraction of sp³-hybridized carbons (Fsp3) is 0.300. The molecule has 0 aliphatic carbocycles. The molecule has 1 heterocycles. The third-order valence-corrected chi connectivity index (χ3v) is 5.45. The number of para-hydroxylation sites is 1. The first-order valence-electron chi connectivity index (χ1n) is 8.59. The summed E-state index contributed by atoms with van der Waals surface area (Å²) in [7, 11) is 0. The minimum atomic E-state index is -0.560. The van der Waals surface area contributed by atoms with Gasteiger partial charge in [0.15, 0.2) is 0 Å². The molecule has 3 rings (SSSR count). The number of amides is 2. The maximum absolute atomic E-state index is 12.5. The van der Waals surface area contributed by atoms with E-state index in [1.807, 2.05) is 61.5 Å². The Balaban J connectivity index is 1.72. The van der Waals surface area contributed by atoms with Crippen LogP contribution in [0.3, 0.4) is 0 Å². The molecule has 2 amide bonds. The second kappa shape index (κ2) is 8.21. The molecule has 0 bridgehead atoms. The van der Waals surface area contributed by atoms with Crippen LogP contribution in [0, 0.1) is 0 Å². The summed E-state index contributed by atoms with van der Waals surface area (Å²) in [4.78, 5) is 28.6. The fourth-order valence-corrected chi connectivity index (χ4v) is 3.90. The van der Waals surface area contributed by atoms with Gasteiger partial charge in [0.1, 0.15) is 0 Å². The van der Waals surface area contributed by atoms with Gasteiger partial charge in [-0.2, -0.15) is 0 Å². The molecule has 25 heavy (non-hydrogen) atoms. The molecule has 1 saturated heterocycles. The number of likely N-dealkylation sites (tertiary alicyclic amines) is 1. The van der Waals surface area contributed by atoms with Gasteiger partial charge in [-0.1, -0.05) is 42.1 Å². The van der Waals surface area contributed by atoms with Crippen LogP contribution in [0.1, 0.15) is 26.2 Å². The van der Waals surface area contributed by atoms with Crippen LogP contribution in [0.25, 0.3) is 0 Å². The maximum Gasteiger partial charge on any atom is 0.313 e. The number of carbonyl (C=O) groups is 2. The minimum absolute atomic E-state index is 0.126. The first-order chi connectivity index (χ1) is 12.1. The molecule has 1 unspecified atom stereocenters. The summed E-state index contributed by atoms with van der Waals surface area (Å²) < 4.78 is 0. The Labute approximate surface area is 152 Å². The van der Waals surface area contributed by atoms with Gasteiger partial charge in [-0.3, -0.25) is 9.59 Å². The summed E-state index contributed by atoms with van der Waals surface area (Å²) in [6.45, 7) is 2.66. The van der Waals surface area contributed by atoms with Gasteiger partial charge in [0.25, 0.3) is 0 Å². The number of carbonyl (C=O) groups excluding carboxylic acids is 2. The normalized spacial score (nSPS) is 17.2. The number of anilines is 1. The Morgan fingerprint density at radius 1 is 1.04 bits per heavy atom. The molecule has 0 aromatic heterocycles. The van der Waals surface area contributed by atoms with Gasteiger partial charge in [-0.05, 0) is 50.5 Å². The quantitative estimate of drug-likeness (QED) is 0.841. The van der Waals surface area contributed by atoms with E-state index in [-0.39, 0.29) is 6.04 Å². The van der Waals surface area contributed by atoms with Gasteiger partial charge in [0.2, 0.25) is 0 Å². The topological polar surface area (TPSA) is 49.4 Å². The van der Waals surface area contributed by atoms with Crippen molar-refractivity contribution in [2.24, 2.45) is 0 Å². The Kier molecular flexibility index (Phi) is 5.76. The van der Waals surface area contributed by atoms with E-state index in [9.17, 15) is 9.59 Å². The third kappa shape index (κ3) is 4.42. The molecular formula is C20H22N2O2S. The SMILES string of the molecule is CC1CCCCN1C(=O)C(=O)Nc1ccccc1Sc1ccccc1. The molecule has 1 N–H and O–H groups in total. The second-order valence-corrected chi connectivity index (χ2v) is 7.32. The van der Waals surface area contributed by atoms with Crippen molar-refractivity contribution in [1.29, 1.82) is 0 Å². The summed E-state index contributed by atoms with van der Waals surface area (Å²) in [5.41, 5.74) is 0.666. The highest BCUT2D eigenvalue weighted by molar-refractivity contribution is 7.99. The average molecular weight is 354 g/mol.